The largest absolute Gasteiger partial charge is 0.374 e. The van der Waals surface area contributed by atoms with E-state index in [0.717, 1.165) is 0 Å². The number of likely N-dealkylation sites (N-methyl/N-ethyl adjacent to an activating group) is 1. The summed E-state index contributed by atoms with van der Waals surface area (Å²) in [7, 11) is 2.18. The number of nitrogens with zero attached hydrogens (tertiary/aromatic N) is 1. The molecule has 70 valence electrons. The van der Waals surface area contributed by atoms with Crippen LogP contribution in [0.4, 0.5) is 0 Å². The van der Waals surface area contributed by atoms with Gasteiger partial charge in [-0.15, -0.1) is 0 Å². The van der Waals surface area contributed by atoms with Crippen molar-refractivity contribution in [1.82, 2.24) is 4.90 Å². The summed E-state index contributed by atoms with van der Waals surface area (Å²) in [5, 5.41) is 0. The second-order valence-electron chi connectivity index (χ2n) is 4.01. The van der Waals surface area contributed by atoms with Crippen LogP contribution in [0.15, 0.2) is 35.6 Å². The van der Waals surface area contributed by atoms with Crippen LogP contribution in [0.2, 0.25) is 0 Å². The van der Waals surface area contributed by atoms with Crippen molar-refractivity contribution in [2.24, 2.45) is 5.92 Å². The first-order chi connectivity index (χ1) is 6.27. The molecule has 1 aliphatic carbocycles. The van der Waals surface area contributed by atoms with Gasteiger partial charge in [-0.3, -0.25) is 0 Å². The van der Waals surface area contributed by atoms with E-state index in [4.69, 9.17) is 0 Å². The molecule has 0 saturated carbocycles. The Balaban J connectivity index is 2.32. The van der Waals surface area contributed by atoms with Crippen molar-refractivity contribution < 1.29 is 0 Å². The van der Waals surface area contributed by atoms with Crippen molar-refractivity contribution in [3.63, 3.8) is 0 Å². The third kappa shape index (κ3) is 1.69. The van der Waals surface area contributed by atoms with Crippen LogP contribution in [0.3, 0.4) is 0 Å². The monoisotopic (exact) mass is 175 g/mol. The quantitative estimate of drug-likeness (QED) is 0.547. The van der Waals surface area contributed by atoms with Gasteiger partial charge in [0.1, 0.15) is 0 Å². The first-order valence-electron chi connectivity index (χ1n) is 5.08. The van der Waals surface area contributed by atoms with E-state index < -0.39 is 0 Å². The van der Waals surface area contributed by atoms with E-state index >= 15 is 0 Å². The summed E-state index contributed by atoms with van der Waals surface area (Å²) in [6.07, 6.45) is 11.6. The first kappa shape index (κ1) is 8.61. The number of hydrogen-bond donors (Lipinski definition) is 0. The van der Waals surface area contributed by atoms with Gasteiger partial charge in [-0.1, -0.05) is 25.2 Å². The average molecular weight is 175 g/mol. The van der Waals surface area contributed by atoms with Gasteiger partial charge in [-0.2, -0.15) is 0 Å². The SMILES string of the molecule is CC1C=CC=C2C(=C1)CCCN2C. The Labute approximate surface area is 80.4 Å². The molecule has 1 atom stereocenters. The molecule has 1 saturated heterocycles. The van der Waals surface area contributed by atoms with Gasteiger partial charge in [-0.05, 0) is 30.4 Å². The van der Waals surface area contributed by atoms with E-state index in [9.17, 15) is 0 Å². The zero-order valence-corrected chi connectivity index (χ0v) is 8.46. The van der Waals surface area contributed by atoms with Crippen LogP contribution in [0, 0.1) is 5.92 Å². The molecule has 1 nitrogen and oxygen atoms in total. The van der Waals surface area contributed by atoms with Gasteiger partial charge in [0.15, 0.2) is 0 Å². The number of rotatable bonds is 0. The van der Waals surface area contributed by atoms with Gasteiger partial charge in [0.2, 0.25) is 0 Å². The smallest absolute Gasteiger partial charge is 0.0393 e. The zero-order valence-electron chi connectivity index (χ0n) is 8.46. The zero-order chi connectivity index (χ0) is 9.26. The molecule has 0 N–H and O–H groups in total. The Bertz CT molecular complexity index is 283. The highest BCUT2D eigenvalue weighted by Crippen LogP contribution is 2.28. The standard InChI is InChI=1S/C12H17N/c1-10-5-3-7-12-11(9-10)6-4-8-13(12)2/h3,5,7,9-10H,4,6,8H2,1-2H3. The molecule has 1 heteroatoms. The van der Waals surface area contributed by atoms with Gasteiger partial charge in [0.05, 0.1) is 0 Å². The van der Waals surface area contributed by atoms with Crippen molar-refractivity contribution in [3.8, 4) is 0 Å². The molecule has 0 aromatic carbocycles. The molecule has 2 rings (SSSR count). The second kappa shape index (κ2) is 3.41. The van der Waals surface area contributed by atoms with Gasteiger partial charge >= 0.3 is 0 Å². The summed E-state index contributed by atoms with van der Waals surface area (Å²) in [4.78, 5) is 2.36. The maximum Gasteiger partial charge on any atom is 0.0393 e. The summed E-state index contributed by atoms with van der Waals surface area (Å²) in [5.74, 6) is 0.593. The third-order valence-electron chi connectivity index (χ3n) is 2.81. The molecule has 1 unspecified atom stereocenters. The van der Waals surface area contributed by atoms with Crippen LogP contribution < -0.4 is 0 Å². The first-order valence-corrected chi connectivity index (χ1v) is 5.08. The molecule has 1 aliphatic heterocycles. The molecular formula is C12H17N. The fourth-order valence-electron chi connectivity index (χ4n) is 2.10. The minimum Gasteiger partial charge on any atom is -0.374 e. The molecular weight excluding hydrogens is 158 g/mol. The van der Waals surface area contributed by atoms with Gasteiger partial charge in [-0.25, -0.2) is 0 Å². The Morgan fingerprint density at radius 2 is 2.31 bits per heavy atom. The van der Waals surface area contributed by atoms with Crippen LogP contribution in [0.5, 0.6) is 0 Å². The van der Waals surface area contributed by atoms with Gasteiger partial charge < -0.3 is 4.90 Å². The number of piperidine rings is 1. The lowest BCUT2D eigenvalue weighted by Gasteiger charge is -2.29. The summed E-state index contributed by atoms with van der Waals surface area (Å²) >= 11 is 0. The molecule has 0 bridgehead atoms. The van der Waals surface area contributed by atoms with Crippen LogP contribution in [-0.4, -0.2) is 18.5 Å². The molecule has 0 aromatic heterocycles. The second-order valence-corrected chi connectivity index (χ2v) is 4.01. The lowest BCUT2D eigenvalue weighted by molar-refractivity contribution is 0.383. The van der Waals surface area contributed by atoms with Crippen LogP contribution in [-0.2, 0) is 0 Å². The van der Waals surface area contributed by atoms with Crippen molar-refractivity contribution in [2.75, 3.05) is 13.6 Å². The van der Waals surface area contributed by atoms with Gasteiger partial charge in [0.25, 0.3) is 0 Å². The minimum absolute atomic E-state index is 0.593. The lowest BCUT2D eigenvalue weighted by atomic mass is 9.98. The fraction of sp³-hybridized carbons (Fsp3) is 0.500. The predicted molar refractivity (Wildman–Crippen MR) is 56.3 cm³/mol. The summed E-state index contributed by atoms with van der Waals surface area (Å²) in [5.41, 5.74) is 2.96. The van der Waals surface area contributed by atoms with Gasteiger partial charge in [0, 0.05) is 19.3 Å². The van der Waals surface area contributed by atoms with E-state index in [-0.39, 0.29) is 0 Å². The summed E-state index contributed by atoms with van der Waals surface area (Å²) < 4.78 is 0. The van der Waals surface area contributed by atoms with E-state index in [0.29, 0.717) is 5.92 Å². The Hall–Kier alpha value is -0.980. The number of hydrogen-bond acceptors (Lipinski definition) is 1. The molecule has 0 amide bonds. The Kier molecular flexibility index (Phi) is 2.26. The van der Waals surface area contributed by atoms with Crippen molar-refractivity contribution in [3.05, 3.63) is 35.6 Å². The molecule has 0 spiro atoms. The van der Waals surface area contributed by atoms with Crippen molar-refractivity contribution in [2.45, 2.75) is 19.8 Å². The molecule has 13 heavy (non-hydrogen) atoms. The molecule has 0 aromatic rings. The maximum atomic E-state index is 2.39. The molecule has 1 heterocycles. The van der Waals surface area contributed by atoms with E-state index in [1.54, 1.807) is 0 Å². The Morgan fingerprint density at radius 1 is 1.46 bits per heavy atom. The number of allylic oxidation sites excluding steroid dienone is 5. The lowest BCUT2D eigenvalue weighted by Crippen LogP contribution is -2.25. The van der Waals surface area contributed by atoms with E-state index in [1.807, 2.05) is 0 Å². The maximum absolute atomic E-state index is 2.39. The molecule has 1 fully saturated rings. The van der Waals surface area contributed by atoms with Crippen LogP contribution >= 0.6 is 0 Å². The van der Waals surface area contributed by atoms with E-state index in [1.165, 1.54) is 30.7 Å². The highest BCUT2D eigenvalue weighted by Gasteiger charge is 2.16. The minimum atomic E-state index is 0.593. The average Bonchev–Trinajstić information content (AvgIpc) is 2.27. The Morgan fingerprint density at radius 3 is 3.15 bits per heavy atom. The third-order valence-corrected chi connectivity index (χ3v) is 2.81. The molecule has 2 aliphatic rings. The van der Waals surface area contributed by atoms with Crippen LogP contribution in [0.1, 0.15) is 19.8 Å². The fourth-order valence-corrected chi connectivity index (χ4v) is 2.10. The number of fused-ring (bicyclic) bond motifs is 1. The van der Waals surface area contributed by atoms with E-state index in [2.05, 4.69) is 43.2 Å². The normalized spacial score (nSPS) is 27.5. The summed E-state index contributed by atoms with van der Waals surface area (Å²) in [6, 6.07) is 0. The topological polar surface area (TPSA) is 3.24 Å². The molecule has 0 radical (unpaired) electrons. The predicted octanol–water partition coefficient (Wildman–Crippen LogP) is 2.73. The van der Waals surface area contributed by atoms with Crippen LogP contribution in [0.25, 0.3) is 0 Å². The van der Waals surface area contributed by atoms with Crippen molar-refractivity contribution >= 4 is 0 Å². The highest BCUT2D eigenvalue weighted by atomic mass is 15.1. The highest BCUT2D eigenvalue weighted by molar-refractivity contribution is 5.37. The number of likely N-dealkylation sites (tertiary alicyclic amines) is 1. The summed E-state index contributed by atoms with van der Waals surface area (Å²) in [6.45, 7) is 3.44. The van der Waals surface area contributed by atoms with Crippen molar-refractivity contribution in [1.29, 1.82) is 0 Å².